The number of unbranched alkanes of at least 4 members (excludes halogenated alkanes) is 8. The highest BCUT2D eigenvalue weighted by atomic mass is 33.1. The molecule has 0 atom stereocenters. The number of nitrogens with zero attached hydrogens (tertiary/aromatic N) is 2. The van der Waals surface area contributed by atoms with Crippen molar-refractivity contribution in [2.24, 2.45) is 0 Å². The number of aromatic nitrogens is 2. The SMILES string of the molecule is CCCCCCCOC(=O)c1ccc(SSc2ccc(C(=O)OCCCCCCC)cn2)nc1. The van der Waals surface area contributed by atoms with Crippen molar-refractivity contribution in [3.63, 3.8) is 0 Å². The van der Waals surface area contributed by atoms with E-state index in [1.165, 1.54) is 72.5 Å². The van der Waals surface area contributed by atoms with E-state index in [2.05, 4.69) is 23.8 Å². The van der Waals surface area contributed by atoms with Crippen molar-refractivity contribution in [3.8, 4) is 0 Å². The molecule has 2 heterocycles. The summed E-state index contributed by atoms with van der Waals surface area (Å²) in [6, 6.07) is 7.04. The van der Waals surface area contributed by atoms with Crippen LogP contribution >= 0.6 is 21.6 Å². The van der Waals surface area contributed by atoms with E-state index in [1.807, 2.05) is 0 Å². The average Bonchev–Trinajstić information content (AvgIpc) is 2.87. The minimum absolute atomic E-state index is 0.336. The van der Waals surface area contributed by atoms with Gasteiger partial charge in [0.1, 0.15) is 10.1 Å². The normalized spacial score (nSPS) is 10.8. The minimum Gasteiger partial charge on any atom is -0.462 e. The summed E-state index contributed by atoms with van der Waals surface area (Å²) in [7, 11) is 2.87. The second-order valence-corrected chi connectivity index (χ2v) is 10.2. The predicted octanol–water partition coefficient (Wildman–Crippen LogP) is 7.53. The lowest BCUT2D eigenvalue weighted by molar-refractivity contribution is 0.0488. The zero-order valence-corrected chi connectivity index (χ0v) is 21.9. The van der Waals surface area contributed by atoms with Gasteiger partial charge in [0.25, 0.3) is 0 Å². The van der Waals surface area contributed by atoms with Crippen LogP contribution in [0.2, 0.25) is 0 Å². The molecule has 2 rings (SSSR count). The molecule has 0 fully saturated rings. The zero-order valence-electron chi connectivity index (χ0n) is 20.3. The van der Waals surface area contributed by atoms with Gasteiger partial charge in [-0.2, -0.15) is 0 Å². The van der Waals surface area contributed by atoms with Crippen LogP contribution in [0.3, 0.4) is 0 Å². The van der Waals surface area contributed by atoms with Crippen molar-refractivity contribution in [1.82, 2.24) is 9.97 Å². The topological polar surface area (TPSA) is 78.4 Å². The molecule has 0 spiro atoms. The Morgan fingerprint density at radius 2 is 1.06 bits per heavy atom. The zero-order chi connectivity index (χ0) is 24.4. The van der Waals surface area contributed by atoms with Crippen LogP contribution < -0.4 is 0 Å². The molecule has 0 aliphatic carbocycles. The number of hydrogen-bond acceptors (Lipinski definition) is 8. The number of carbonyl (C=O) groups is 2. The van der Waals surface area contributed by atoms with Crippen LogP contribution in [-0.4, -0.2) is 35.1 Å². The number of rotatable bonds is 17. The summed E-state index contributed by atoms with van der Waals surface area (Å²) in [4.78, 5) is 32.9. The molecule has 6 nitrogen and oxygen atoms in total. The third-order valence-electron chi connectivity index (χ3n) is 5.12. The van der Waals surface area contributed by atoms with Crippen molar-refractivity contribution < 1.29 is 19.1 Å². The molecule has 2 aromatic heterocycles. The molecule has 0 radical (unpaired) electrons. The lowest BCUT2D eigenvalue weighted by atomic mass is 10.2. The van der Waals surface area contributed by atoms with Crippen molar-refractivity contribution >= 4 is 33.5 Å². The van der Waals surface area contributed by atoms with Gasteiger partial charge < -0.3 is 9.47 Å². The Hall–Kier alpha value is -2.06. The number of esters is 2. The fourth-order valence-corrected chi connectivity index (χ4v) is 4.81. The Morgan fingerprint density at radius 1 is 0.647 bits per heavy atom. The van der Waals surface area contributed by atoms with Gasteiger partial charge in [-0.1, -0.05) is 65.2 Å². The summed E-state index contributed by atoms with van der Waals surface area (Å²) < 4.78 is 10.6. The van der Waals surface area contributed by atoms with Crippen LogP contribution in [0.25, 0.3) is 0 Å². The van der Waals surface area contributed by atoms with Gasteiger partial charge in [-0.15, -0.1) is 0 Å². The van der Waals surface area contributed by atoms with Gasteiger partial charge in [-0.05, 0) is 58.7 Å². The fourth-order valence-electron chi connectivity index (χ4n) is 3.09. The summed E-state index contributed by atoms with van der Waals surface area (Å²) in [5.41, 5.74) is 0.906. The van der Waals surface area contributed by atoms with Crippen LogP contribution in [0.5, 0.6) is 0 Å². The molecule has 0 saturated heterocycles. The Balaban J connectivity index is 1.68. The fraction of sp³-hybridized carbons (Fsp3) is 0.538. The van der Waals surface area contributed by atoms with Crippen molar-refractivity contribution in [2.75, 3.05) is 13.2 Å². The molecule has 0 unspecified atom stereocenters. The molecule has 0 saturated carbocycles. The largest absolute Gasteiger partial charge is 0.462 e. The molecule has 0 aliphatic heterocycles. The van der Waals surface area contributed by atoms with Crippen molar-refractivity contribution in [1.29, 1.82) is 0 Å². The van der Waals surface area contributed by atoms with Gasteiger partial charge >= 0.3 is 11.9 Å². The molecule has 0 amide bonds. The quantitative estimate of drug-likeness (QED) is 0.124. The molecule has 2 aromatic rings. The maximum atomic E-state index is 12.1. The van der Waals surface area contributed by atoms with E-state index in [1.54, 1.807) is 24.3 Å². The summed E-state index contributed by atoms with van der Waals surface area (Å²) >= 11 is 0. The van der Waals surface area contributed by atoms with E-state index in [4.69, 9.17) is 9.47 Å². The molecule has 186 valence electrons. The summed E-state index contributed by atoms with van der Waals surface area (Å²) in [5.74, 6) is -0.672. The van der Waals surface area contributed by atoms with Crippen LogP contribution in [0.15, 0.2) is 46.7 Å². The first kappa shape index (κ1) is 28.2. The Kier molecular flexibility index (Phi) is 14.4. The van der Waals surface area contributed by atoms with Crippen molar-refractivity contribution in [2.45, 2.75) is 88.1 Å². The maximum absolute atomic E-state index is 12.1. The van der Waals surface area contributed by atoms with E-state index >= 15 is 0 Å². The van der Waals surface area contributed by atoms with Gasteiger partial charge in [0, 0.05) is 12.4 Å². The summed E-state index contributed by atoms with van der Waals surface area (Å²) in [6.07, 6.45) is 14.2. The summed E-state index contributed by atoms with van der Waals surface area (Å²) in [5, 5.41) is 1.52. The van der Waals surface area contributed by atoms with Gasteiger partial charge in [0.2, 0.25) is 0 Å². The van der Waals surface area contributed by atoms with E-state index < -0.39 is 0 Å². The number of hydrogen-bond donors (Lipinski definition) is 0. The first-order valence-corrected chi connectivity index (χ1v) is 14.4. The van der Waals surface area contributed by atoms with E-state index in [0.717, 1.165) is 35.7 Å². The monoisotopic (exact) mass is 504 g/mol. The number of ether oxygens (including phenoxy) is 2. The Labute approximate surface area is 211 Å². The highest BCUT2D eigenvalue weighted by Crippen LogP contribution is 2.35. The van der Waals surface area contributed by atoms with Crippen molar-refractivity contribution in [3.05, 3.63) is 47.8 Å². The summed E-state index contributed by atoms with van der Waals surface area (Å²) in [6.45, 7) is 5.25. The maximum Gasteiger partial charge on any atom is 0.339 e. The third-order valence-corrected chi connectivity index (χ3v) is 7.30. The highest BCUT2D eigenvalue weighted by molar-refractivity contribution is 8.76. The lowest BCUT2D eigenvalue weighted by Crippen LogP contribution is -2.07. The lowest BCUT2D eigenvalue weighted by Gasteiger charge is -2.06. The Morgan fingerprint density at radius 3 is 1.41 bits per heavy atom. The molecular formula is C26H36N2O4S2. The van der Waals surface area contributed by atoms with Gasteiger partial charge in [0.05, 0.1) is 24.3 Å². The average molecular weight is 505 g/mol. The standard InChI is InChI=1S/C26H36N2O4S2/c1-3-5-7-9-11-17-31-25(29)21-13-15-23(27-19-21)33-34-24-16-14-22(20-28-24)26(30)32-18-12-10-8-6-4-2/h13-16,19-20H,3-12,17-18H2,1-2H3. The first-order chi connectivity index (χ1) is 16.6. The van der Waals surface area contributed by atoms with Crippen LogP contribution in [0.4, 0.5) is 0 Å². The van der Waals surface area contributed by atoms with E-state index in [9.17, 15) is 9.59 Å². The van der Waals surface area contributed by atoms with Gasteiger partial charge in [-0.25, -0.2) is 19.6 Å². The van der Waals surface area contributed by atoms with E-state index in [-0.39, 0.29) is 11.9 Å². The van der Waals surface area contributed by atoms with E-state index in [0.29, 0.717) is 24.3 Å². The highest BCUT2D eigenvalue weighted by Gasteiger charge is 2.10. The number of pyridine rings is 2. The second kappa shape index (κ2) is 17.4. The van der Waals surface area contributed by atoms with Crippen LogP contribution in [0.1, 0.15) is 98.8 Å². The smallest absolute Gasteiger partial charge is 0.339 e. The van der Waals surface area contributed by atoms with Gasteiger partial charge in [0.15, 0.2) is 0 Å². The Bertz CT molecular complexity index is 773. The molecule has 0 aliphatic rings. The first-order valence-electron chi connectivity index (χ1n) is 12.2. The second-order valence-electron chi connectivity index (χ2n) is 8.04. The predicted molar refractivity (Wildman–Crippen MR) is 138 cm³/mol. The van der Waals surface area contributed by atoms with Crippen LogP contribution in [0, 0.1) is 0 Å². The molecule has 0 aromatic carbocycles. The molecule has 0 bridgehead atoms. The molecular weight excluding hydrogens is 468 g/mol. The molecule has 34 heavy (non-hydrogen) atoms. The molecule has 0 N–H and O–H groups in total. The molecule has 8 heteroatoms. The van der Waals surface area contributed by atoms with Gasteiger partial charge in [-0.3, -0.25) is 0 Å². The van der Waals surface area contributed by atoms with Crippen LogP contribution in [-0.2, 0) is 9.47 Å². The minimum atomic E-state index is -0.336. The third kappa shape index (κ3) is 11.4. The number of carbonyl (C=O) groups excluding carboxylic acids is 2.